The van der Waals surface area contributed by atoms with Gasteiger partial charge in [-0.1, -0.05) is 0 Å². The second kappa shape index (κ2) is 12.4. The van der Waals surface area contributed by atoms with E-state index in [4.69, 9.17) is 0 Å². The van der Waals surface area contributed by atoms with Gasteiger partial charge >= 0.3 is 241 Å². The van der Waals surface area contributed by atoms with Crippen LogP contribution in [0.5, 0.6) is 0 Å². The fourth-order valence-corrected chi connectivity index (χ4v) is 20.1. The summed E-state index contributed by atoms with van der Waals surface area (Å²) in [5.74, 6) is 0. The van der Waals surface area contributed by atoms with E-state index in [0.29, 0.717) is 8.45 Å². The Morgan fingerprint density at radius 3 is 1.05 bits per heavy atom. The van der Waals surface area contributed by atoms with Gasteiger partial charge in [0.15, 0.2) is 0 Å². The Balaban J connectivity index is 0.00000267. The molecule has 2 aromatic rings. The number of hydrogen-bond donors (Lipinski definition) is 0. The number of fused-ring (bicyclic) bond motifs is 2. The number of rotatable bonds is 4. The Hall–Kier alpha value is 0.0743. The molecular formula is C34H48Cl2P2Ti. The first-order valence-corrected chi connectivity index (χ1v) is 18.4. The molecule has 212 valence electrons. The summed E-state index contributed by atoms with van der Waals surface area (Å²) in [6.07, 6.45) is 5.26. The van der Waals surface area contributed by atoms with Crippen molar-refractivity contribution >= 4 is 28.0 Å². The minimum Gasteiger partial charge on any atom is -1.00 e. The SMILES string of the molecule is CC(C)(C)P(C1=Cc2ccccc2[CH]1[Ti+2][CH]1C(P(C(C)(C)C)C(C)(C)C)=Cc2ccccc21)C(C)(C)C.[Cl-].[Cl-]. The third-order valence-electron chi connectivity index (χ3n) is 7.35. The number of allylic oxidation sites excluding steroid dienone is 2. The van der Waals surface area contributed by atoms with Crippen molar-refractivity contribution in [3.05, 3.63) is 81.4 Å². The summed E-state index contributed by atoms with van der Waals surface area (Å²) in [5.41, 5.74) is 6.19. The molecule has 0 amide bonds. The molecule has 0 fully saturated rings. The molecule has 2 aliphatic rings. The minimum absolute atomic E-state index is 0. The summed E-state index contributed by atoms with van der Waals surface area (Å²) in [5, 5.41) is 4.67. The second-order valence-electron chi connectivity index (χ2n) is 14.8. The molecule has 2 aromatic carbocycles. The third kappa shape index (κ3) is 7.36. The van der Waals surface area contributed by atoms with Crippen molar-refractivity contribution in [3.63, 3.8) is 0 Å². The molecule has 2 atom stereocenters. The van der Waals surface area contributed by atoms with Crippen LogP contribution in [0.4, 0.5) is 0 Å². The van der Waals surface area contributed by atoms with E-state index in [0.717, 1.165) is 0 Å². The van der Waals surface area contributed by atoms with Crippen LogP contribution in [0.2, 0.25) is 0 Å². The topological polar surface area (TPSA) is 0 Å². The van der Waals surface area contributed by atoms with Crippen LogP contribution in [0.1, 0.15) is 114 Å². The fraction of sp³-hybridized carbons (Fsp3) is 0.529. The van der Waals surface area contributed by atoms with Gasteiger partial charge in [0.05, 0.1) is 0 Å². The summed E-state index contributed by atoms with van der Waals surface area (Å²) in [4.78, 5) is 0. The van der Waals surface area contributed by atoms with Gasteiger partial charge in [-0.3, -0.25) is 0 Å². The minimum atomic E-state index is -0.394. The van der Waals surface area contributed by atoms with Crippen LogP contribution in [-0.2, 0) is 19.2 Å². The Bertz CT molecular complexity index is 1100. The molecule has 0 radical (unpaired) electrons. The van der Waals surface area contributed by atoms with Crippen LogP contribution in [0.3, 0.4) is 0 Å². The Morgan fingerprint density at radius 2 is 0.769 bits per heavy atom. The molecule has 0 aliphatic heterocycles. The van der Waals surface area contributed by atoms with E-state index in [1.807, 2.05) is 0 Å². The number of halogens is 2. The van der Waals surface area contributed by atoms with Crippen molar-refractivity contribution in [2.24, 2.45) is 0 Å². The molecule has 5 heteroatoms. The van der Waals surface area contributed by atoms with Crippen molar-refractivity contribution in [2.45, 2.75) is 112 Å². The first-order valence-electron chi connectivity index (χ1n) is 13.9. The number of benzene rings is 2. The van der Waals surface area contributed by atoms with E-state index >= 15 is 0 Å². The Kier molecular flexibility index (Phi) is 11.2. The van der Waals surface area contributed by atoms with Crippen LogP contribution in [-0.4, -0.2) is 20.6 Å². The van der Waals surface area contributed by atoms with Gasteiger partial charge in [-0.2, -0.15) is 0 Å². The van der Waals surface area contributed by atoms with Gasteiger partial charge in [0.2, 0.25) is 0 Å². The Labute approximate surface area is 263 Å². The zero-order valence-electron chi connectivity index (χ0n) is 26.1. The van der Waals surface area contributed by atoms with Crippen molar-refractivity contribution in [1.29, 1.82) is 0 Å². The first kappa shape index (κ1) is 35.3. The molecule has 0 aromatic heterocycles. The predicted octanol–water partition coefficient (Wildman–Crippen LogP) is 5.43. The van der Waals surface area contributed by atoms with Crippen LogP contribution >= 0.6 is 15.8 Å². The van der Waals surface area contributed by atoms with Crippen LogP contribution in [0, 0.1) is 0 Å². The maximum atomic E-state index is 2.63. The van der Waals surface area contributed by atoms with E-state index in [2.05, 4.69) is 144 Å². The average molecular weight is 637 g/mol. The summed E-state index contributed by atoms with van der Waals surface area (Å²) < 4.78 is 1.22. The summed E-state index contributed by atoms with van der Waals surface area (Å²) in [6, 6.07) is 18.7. The largest absolute Gasteiger partial charge is 1.00 e. The monoisotopic (exact) mass is 636 g/mol. The van der Waals surface area contributed by atoms with Gasteiger partial charge in [-0.25, -0.2) is 0 Å². The molecule has 0 nitrogen and oxygen atoms in total. The zero-order chi connectivity index (χ0) is 27.6. The summed E-state index contributed by atoms with van der Waals surface area (Å²) >= 11 is -0.394. The smallest absolute Gasteiger partial charge is 1.00 e. The van der Waals surface area contributed by atoms with E-state index in [9.17, 15) is 0 Å². The standard InChI is InChI=1S/2C17H24P.2ClH.Ti/c2*1-16(2,3)18(17(4,5)6)15-11-13-9-7-8-10-14(13)12-15;;;/h2*7-12H,1-6H3;2*1H;/q;;;;+2/p-2. The second-order valence-corrected chi connectivity index (χ2v) is 24.8. The molecule has 0 spiro atoms. The quantitative estimate of drug-likeness (QED) is 0.310. The van der Waals surface area contributed by atoms with Gasteiger partial charge < -0.3 is 24.8 Å². The van der Waals surface area contributed by atoms with E-state index in [1.165, 1.54) is 11.1 Å². The molecule has 2 unspecified atom stereocenters. The maximum absolute atomic E-state index is 2.63. The van der Waals surface area contributed by atoms with Gasteiger partial charge in [0.25, 0.3) is 0 Å². The van der Waals surface area contributed by atoms with Crippen molar-refractivity contribution in [1.82, 2.24) is 0 Å². The van der Waals surface area contributed by atoms with Crippen molar-refractivity contribution in [3.8, 4) is 0 Å². The molecule has 2 aliphatic carbocycles. The van der Waals surface area contributed by atoms with E-state index in [-0.39, 0.29) is 61.3 Å². The first-order chi connectivity index (χ1) is 16.9. The van der Waals surface area contributed by atoms with Crippen molar-refractivity contribution in [2.75, 3.05) is 0 Å². The Morgan fingerprint density at radius 1 is 0.487 bits per heavy atom. The van der Waals surface area contributed by atoms with Gasteiger partial charge in [-0.15, -0.1) is 0 Å². The molecule has 39 heavy (non-hydrogen) atoms. The average Bonchev–Trinajstić information content (AvgIpc) is 3.23. The fourth-order valence-electron chi connectivity index (χ4n) is 7.08. The zero-order valence-corrected chi connectivity index (χ0v) is 30.9. The molecule has 0 saturated carbocycles. The van der Waals surface area contributed by atoms with Gasteiger partial charge in [-0.05, 0) is 0 Å². The summed E-state index contributed by atoms with van der Waals surface area (Å²) in [7, 11) is -0.627. The summed E-state index contributed by atoms with van der Waals surface area (Å²) in [6.45, 7) is 29.8. The van der Waals surface area contributed by atoms with Gasteiger partial charge in [0, 0.05) is 0 Å². The maximum Gasteiger partial charge on any atom is -1.00 e. The predicted molar refractivity (Wildman–Crippen MR) is 167 cm³/mol. The molecule has 0 bridgehead atoms. The molecule has 4 rings (SSSR count). The molecular weight excluding hydrogens is 589 g/mol. The van der Waals surface area contributed by atoms with E-state index in [1.54, 1.807) is 21.8 Å². The number of hydrogen-bond acceptors (Lipinski definition) is 0. The molecule has 0 N–H and O–H groups in total. The van der Waals surface area contributed by atoms with Crippen LogP contribution in [0.25, 0.3) is 12.2 Å². The third-order valence-corrected chi connectivity index (χ3v) is 18.3. The van der Waals surface area contributed by atoms with Crippen LogP contribution in [0.15, 0.2) is 59.2 Å². The van der Waals surface area contributed by atoms with Crippen molar-refractivity contribution < 1.29 is 44.0 Å². The molecule has 0 saturated heterocycles. The van der Waals surface area contributed by atoms with Crippen LogP contribution < -0.4 is 24.8 Å². The van der Waals surface area contributed by atoms with Gasteiger partial charge in [0.1, 0.15) is 0 Å². The van der Waals surface area contributed by atoms with E-state index < -0.39 is 19.2 Å². The molecule has 0 heterocycles. The normalized spacial score (nSPS) is 19.0.